The van der Waals surface area contributed by atoms with Crippen LogP contribution in [0.3, 0.4) is 0 Å². The lowest BCUT2D eigenvalue weighted by atomic mass is 10.0. The third-order valence-electron chi connectivity index (χ3n) is 3.10. The van der Waals surface area contributed by atoms with Gasteiger partial charge >= 0.3 is 5.97 Å². The molecule has 3 nitrogen and oxygen atoms in total. The van der Waals surface area contributed by atoms with Gasteiger partial charge in [-0.1, -0.05) is 12.1 Å². The summed E-state index contributed by atoms with van der Waals surface area (Å²) in [6.07, 6.45) is 2.29. The van der Waals surface area contributed by atoms with Gasteiger partial charge in [0.05, 0.1) is 13.2 Å². The highest BCUT2D eigenvalue weighted by atomic mass is 19.1. The summed E-state index contributed by atoms with van der Waals surface area (Å²) in [5.41, 5.74) is 0.367. The molecule has 0 aliphatic carbocycles. The first-order valence-corrected chi connectivity index (χ1v) is 6.22. The molecule has 1 aliphatic heterocycles. The summed E-state index contributed by atoms with van der Waals surface area (Å²) >= 11 is 0. The van der Waals surface area contributed by atoms with Gasteiger partial charge in [-0.15, -0.1) is 0 Å². The number of epoxide rings is 1. The summed E-state index contributed by atoms with van der Waals surface area (Å²) in [6.45, 7) is 2.61. The highest BCUT2D eigenvalue weighted by Crippen LogP contribution is 2.34. The monoisotopic (exact) mass is 252 g/mol. The summed E-state index contributed by atoms with van der Waals surface area (Å²) < 4.78 is 22.9. The predicted molar refractivity (Wildman–Crippen MR) is 64.7 cm³/mol. The predicted octanol–water partition coefficient (Wildman–Crippen LogP) is 2.48. The van der Waals surface area contributed by atoms with E-state index in [-0.39, 0.29) is 11.8 Å². The Labute approximate surface area is 106 Å². The van der Waals surface area contributed by atoms with Gasteiger partial charge in [-0.05, 0) is 43.9 Å². The number of hydrogen-bond acceptors (Lipinski definition) is 3. The summed E-state index contributed by atoms with van der Waals surface area (Å²) in [7, 11) is 0. The normalized spacial score (nSPS) is 21.7. The van der Waals surface area contributed by atoms with Gasteiger partial charge in [0.15, 0.2) is 5.60 Å². The average molecular weight is 252 g/mol. The molecule has 1 heterocycles. The van der Waals surface area contributed by atoms with E-state index >= 15 is 0 Å². The number of rotatable bonds is 6. The summed E-state index contributed by atoms with van der Waals surface area (Å²) in [5.74, 6) is -0.489. The van der Waals surface area contributed by atoms with Gasteiger partial charge in [0.1, 0.15) is 5.82 Å². The molecule has 18 heavy (non-hydrogen) atoms. The lowest BCUT2D eigenvalue weighted by Gasteiger charge is -2.10. The van der Waals surface area contributed by atoms with E-state index in [0.29, 0.717) is 19.6 Å². The van der Waals surface area contributed by atoms with Crippen molar-refractivity contribution in [3.63, 3.8) is 0 Å². The third-order valence-corrected chi connectivity index (χ3v) is 3.10. The first-order chi connectivity index (χ1) is 8.66. The van der Waals surface area contributed by atoms with Crippen molar-refractivity contribution in [1.29, 1.82) is 0 Å². The van der Waals surface area contributed by atoms with Crippen LogP contribution in [0.25, 0.3) is 0 Å². The molecule has 1 aromatic rings. The Balaban J connectivity index is 1.78. The summed E-state index contributed by atoms with van der Waals surface area (Å²) in [4.78, 5) is 11.6. The van der Waals surface area contributed by atoms with E-state index in [0.717, 1.165) is 18.4 Å². The zero-order valence-electron chi connectivity index (χ0n) is 10.4. The van der Waals surface area contributed by atoms with E-state index in [1.807, 2.05) is 0 Å². The van der Waals surface area contributed by atoms with Crippen LogP contribution < -0.4 is 0 Å². The largest absolute Gasteiger partial charge is 0.464 e. The highest BCUT2D eigenvalue weighted by Gasteiger charge is 2.52. The van der Waals surface area contributed by atoms with Crippen molar-refractivity contribution in [1.82, 2.24) is 0 Å². The zero-order chi connectivity index (χ0) is 13.0. The maximum absolute atomic E-state index is 12.7. The lowest BCUT2D eigenvalue weighted by molar-refractivity contribution is -0.149. The molecule has 0 bridgehead atoms. The van der Waals surface area contributed by atoms with E-state index in [2.05, 4.69) is 0 Å². The maximum Gasteiger partial charge on any atom is 0.340 e. The van der Waals surface area contributed by atoms with Crippen molar-refractivity contribution in [3.8, 4) is 0 Å². The van der Waals surface area contributed by atoms with Crippen molar-refractivity contribution < 1.29 is 18.7 Å². The molecule has 98 valence electrons. The van der Waals surface area contributed by atoms with Gasteiger partial charge in [0.2, 0.25) is 0 Å². The maximum atomic E-state index is 12.7. The molecule has 0 N–H and O–H groups in total. The SMILES string of the molecule is CCOC(=O)C1(CCCc2ccc(F)cc2)CO1. The molecule has 1 unspecified atom stereocenters. The highest BCUT2D eigenvalue weighted by molar-refractivity contribution is 5.82. The molecule has 1 aromatic carbocycles. The fourth-order valence-electron chi connectivity index (χ4n) is 1.94. The molecule has 0 saturated carbocycles. The second-order valence-corrected chi connectivity index (χ2v) is 4.48. The number of carbonyl (C=O) groups excluding carboxylic acids is 1. The molecule has 1 fully saturated rings. The van der Waals surface area contributed by atoms with Crippen LogP contribution in [0.1, 0.15) is 25.3 Å². The van der Waals surface area contributed by atoms with Crippen LogP contribution in [0.5, 0.6) is 0 Å². The molecule has 0 spiro atoms. The number of aryl methyl sites for hydroxylation is 1. The minimum Gasteiger partial charge on any atom is -0.464 e. The van der Waals surface area contributed by atoms with Crippen molar-refractivity contribution in [3.05, 3.63) is 35.6 Å². The van der Waals surface area contributed by atoms with Crippen LogP contribution in [0.4, 0.5) is 4.39 Å². The Hall–Kier alpha value is -1.42. The molecule has 1 saturated heterocycles. The second-order valence-electron chi connectivity index (χ2n) is 4.48. The van der Waals surface area contributed by atoms with Gasteiger partial charge in [0.25, 0.3) is 0 Å². The lowest BCUT2D eigenvalue weighted by Crippen LogP contribution is -2.27. The van der Waals surface area contributed by atoms with Crippen LogP contribution in [-0.4, -0.2) is 24.8 Å². The third kappa shape index (κ3) is 3.07. The van der Waals surface area contributed by atoms with E-state index in [4.69, 9.17) is 9.47 Å². The van der Waals surface area contributed by atoms with Crippen LogP contribution in [0, 0.1) is 5.82 Å². The van der Waals surface area contributed by atoms with E-state index in [1.165, 1.54) is 12.1 Å². The first-order valence-electron chi connectivity index (χ1n) is 6.22. The molecular weight excluding hydrogens is 235 g/mol. The van der Waals surface area contributed by atoms with Gasteiger partial charge in [-0.25, -0.2) is 9.18 Å². The number of ether oxygens (including phenoxy) is 2. The van der Waals surface area contributed by atoms with Gasteiger partial charge in [-0.3, -0.25) is 0 Å². The van der Waals surface area contributed by atoms with Crippen molar-refractivity contribution >= 4 is 5.97 Å². The fourth-order valence-corrected chi connectivity index (χ4v) is 1.94. The minimum atomic E-state index is -0.698. The van der Waals surface area contributed by atoms with Gasteiger partial charge in [-0.2, -0.15) is 0 Å². The molecule has 2 rings (SSSR count). The summed E-state index contributed by atoms with van der Waals surface area (Å²) in [6, 6.07) is 6.42. The number of halogens is 1. The molecule has 0 aromatic heterocycles. The van der Waals surface area contributed by atoms with Crippen molar-refractivity contribution in [2.45, 2.75) is 31.8 Å². The summed E-state index contributed by atoms with van der Waals surface area (Å²) in [5, 5.41) is 0. The average Bonchev–Trinajstić information content (AvgIpc) is 3.13. The Bertz CT molecular complexity index is 410. The molecular formula is C14H17FO3. The van der Waals surface area contributed by atoms with Crippen LogP contribution >= 0.6 is 0 Å². The second kappa shape index (κ2) is 5.48. The molecule has 0 amide bonds. The minimum absolute atomic E-state index is 0.229. The number of carbonyl (C=O) groups is 1. The van der Waals surface area contributed by atoms with Gasteiger partial charge in [0, 0.05) is 0 Å². The van der Waals surface area contributed by atoms with E-state index < -0.39 is 5.60 Å². The number of hydrogen-bond donors (Lipinski definition) is 0. The number of benzene rings is 1. The van der Waals surface area contributed by atoms with Crippen LogP contribution in [-0.2, 0) is 20.7 Å². The van der Waals surface area contributed by atoms with E-state index in [9.17, 15) is 9.18 Å². The van der Waals surface area contributed by atoms with Crippen LogP contribution in [0.15, 0.2) is 24.3 Å². The molecule has 0 radical (unpaired) electrons. The standard InChI is InChI=1S/C14H17FO3/c1-2-17-13(16)14(10-18-14)9-3-4-11-5-7-12(15)8-6-11/h5-8H,2-4,9-10H2,1H3. The van der Waals surface area contributed by atoms with Gasteiger partial charge < -0.3 is 9.47 Å². The van der Waals surface area contributed by atoms with Crippen molar-refractivity contribution in [2.24, 2.45) is 0 Å². The molecule has 1 atom stereocenters. The fraction of sp³-hybridized carbons (Fsp3) is 0.500. The number of esters is 1. The molecule has 1 aliphatic rings. The zero-order valence-corrected chi connectivity index (χ0v) is 10.4. The molecule has 4 heteroatoms. The van der Waals surface area contributed by atoms with Crippen LogP contribution in [0.2, 0.25) is 0 Å². The Morgan fingerprint density at radius 1 is 1.44 bits per heavy atom. The topological polar surface area (TPSA) is 38.8 Å². The van der Waals surface area contributed by atoms with Crippen molar-refractivity contribution in [2.75, 3.05) is 13.2 Å². The Morgan fingerprint density at radius 3 is 2.67 bits per heavy atom. The smallest absolute Gasteiger partial charge is 0.340 e. The Kier molecular flexibility index (Phi) is 3.97. The Morgan fingerprint density at radius 2 is 2.11 bits per heavy atom. The van der Waals surface area contributed by atoms with E-state index in [1.54, 1.807) is 19.1 Å². The quantitative estimate of drug-likeness (QED) is 0.576. The first kappa shape index (κ1) is 13.0.